The van der Waals surface area contributed by atoms with Crippen LogP contribution in [0.1, 0.15) is 44.9 Å². The summed E-state index contributed by atoms with van der Waals surface area (Å²) < 4.78 is 22.4. The third kappa shape index (κ3) is 3.95. The molecule has 1 aliphatic heterocycles. The molecule has 2 rings (SSSR count). The van der Waals surface area contributed by atoms with E-state index >= 15 is 0 Å². The summed E-state index contributed by atoms with van der Waals surface area (Å²) in [4.78, 5) is 14.4. The topological polar surface area (TPSA) is 80.5 Å². The lowest BCUT2D eigenvalue weighted by molar-refractivity contribution is -0.139. The zero-order valence-corrected chi connectivity index (χ0v) is 13.1. The minimum atomic E-state index is -3.06. The maximum absolute atomic E-state index is 12.5. The van der Waals surface area contributed by atoms with Crippen molar-refractivity contribution in [1.29, 1.82) is 0 Å². The smallest absolute Gasteiger partial charge is 0.239 e. The summed E-state index contributed by atoms with van der Waals surface area (Å²) in [5.74, 6) is 0.566. The number of nitrogens with two attached hydrogens (primary N) is 1. The summed E-state index contributed by atoms with van der Waals surface area (Å²) in [6, 6.07) is -0.334. The molecule has 1 heterocycles. The summed E-state index contributed by atoms with van der Waals surface area (Å²) in [7, 11) is -3.06. The molecule has 2 N–H and O–H groups in total. The maximum Gasteiger partial charge on any atom is 0.239 e. The van der Waals surface area contributed by atoms with Gasteiger partial charge in [0.25, 0.3) is 0 Å². The van der Waals surface area contributed by atoms with Crippen LogP contribution in [0.2, 0.25) is 0 Å². The van der Waals surface area contributed by atoms with E-state index in [9.17, 15) is 13.2 Å². The molecule has 1 unspecified atom stereocenters. The number of carbonyl (C=O) groups excluding carboxylic acids is 1. The lowest BCUT2D eigenvalue weighted by Gasteiger charge is -2.45. The molecule has 0 spiro atoms. The number of hydrogen-bond donors (Lipinski definition) is 1. The first kappa shape index (κ1) is 15.8. The molecule has 1 aliphatic carbocycles. The van der Waals surface area contributed by atoms with Crippen molar-refractivity contribution >= 4 is 15.7 Å². The second-order valence-electron chi connectivity index (χ2n) is 6.31. The van der Waals surface area contributed by atoms with Crippen LogP contribution in [0, 0.1) is 5.92 Å². The van der Waals surface area contributed by atoms with Gasteiger partial charge in [-0.3, -0.25) is 4.79 Å². The Bertz CT molecular complexity index is 447. The molecule has 5 nitrogen and oxygen atoms in total. The molecule has 20 heavy (non-hydrogen) atoms. The van der Waals surface area contributed by atoms with Crippen molar-refractivity contribution in [1.82, 2.24) is 4.90 Å². The minimum absolute atomic E-state index is 0.0121. The van der Waals surface area contributed by atoms with Crippen molar-refractivity contribution in [2.75, 3.05) is 18.6 Å². The van der Waals surface area contributed by atoms with Crippen molar-refractivity contribution in [2.45, 2.75) is 57.0 Å². The highest BCUT2D eigenvalue weighted by molar-refractivity contribution is 7.90. The molecule has 0 aromatic rings. The number of sulfone groups is 1. The summed E-state index contributed by atoms with van der Waals surface area (Å²) >= 11 is 0. The van der Waals surface area contributed by atoms with Gasteiger partial charge in [0.1, 0.15) is 9.84 Å². The molecule has 3 atom stereocenters. The van der Waals surface area contributed by atoms with Crippen molar-refractivity contribution in [3.05, 3.63) is 0 Å². The van der Waals surface area contributed by atoms with Gasteiger partial charge < -0.3 is 10.6 Å². The van der Waals surface area contributed by atoms with Crippen LogP contribution in [0.5, 0.6) is 0 Å². The van der Waals surface area contributed by atoms with Crippen LogP contribution in [0.3, 0.4) is 0 Å². The molecule has 0 aromatic heterocycles. The van der Waals surface area contributed by atoms with Crippen molar-refractivity contribution in [3.63, 3.8) is 0 Å². The monoisotopic (exact) mass is 302 g/mol. The Kier molecular flexibility index (Phi) is 5.07. The molecule has 2 fully saturated rings. The van der Waals surface area contributed by atoms with Crippen molar-refractivity contribution in [2.24, 2.45) is 11.7 Å². The molecule has 116 valence electrons. The van der Waals surface area contributed by atoms with Gasteiger partial charge in [0.15, 0.2) is 0 Å². The predicted octanol–water partition coefficient (Wildman–Crippen LogP) is 0.930. The standard InChI is InChI=1S/C14H26N2O3S/c1-20(18,19)10-8-12(15)14(17)16-9-4-6-11-5-2-3-7-13(11)16/h11-13H,2-10,15H2,1H3/t11-,12?,13-/m1/s1. The SMILES string of the molecule is CS(=O)(=O)CCC(N)C(=O)N1CCC[C@H]2CCCC[C@H]21. The zero-order chi connectivity index (χ0) is 14.8. The van der Waals surface area contributed by atoms with E-state index in [4.69, 9.17) is 5.73 Å². The number of nitrogens with zero attached hydrogens (tertiary/aromatic N) is 1. The van der Waals surface area contributed by atoms with Crippen LogP contribution < -0.4 is 5.73 Å². The second-order valence-corrected chi connectivity index (χ2v) is 8.57. The Balaban J connectivity index is 1.96. The molecule has 1 saturated heterocycles. The Morgan fingerprint density at radius 3 is 2.60 bits per heavy atom. The van der Waals surface area contributed by atoms with E-state index in [1.807, 2.05) is 4.90 Å². The molecular formula is C14H26N2O3S. The van der Waals surface area contributed by atoms with Gasteiger partial charge in [0.2, 0.25) is 5.91 Å². The summed E-state index contributed by atoms with van der Waals surface area (Å²) in [6.45, 7) is 0.784. The normalized spacial score (nSPS) is 28.8. The molecule has 0 aromatic carbocycles. The van der Waals surface area contributed by atoms with E-state index in [1.54, 1.807) is 0 Å². The summed E-state index contributed by atoms with van der Waals surface area (Å²) in [5, 5.41) is 0. The fourth-order valence-electron chi connectivity index (χ4n) is 3.58. The van der Waals surface area contributed by atoms with Crippen molar-refractivity contribution in [3.8, 4) is 0 Å². The van der Waals surface area contributed by atoms with Gasteiger partial charge in [0, 0.05) is 18.8 Å². The number of likely N-dealkylation sites (tertiary alicyclic amines) is 1. The van der Waals surface area contributed by atoms with E-state index in [0.29, 0.717) is 12.0 Å². The van der Waals surface area contributed by atoms with Crippen molar-refractivity contribution < 1.29 is 13.2 Å². The Morgan fingerprint density at radius 2 is 1.90 bits per heavy atom. The van der Waals surface area contributed by atoms with E-state index in [1.165, 1.54) is 31.9 Å². The highest BCUT2D eigenvalue weighted by Crippen LogP contribution is 2.35. The third-order valence-corrected chi connectivity index (χ3v) is 5.62. The van der Waals surface area contributed by atoms with E-state index in [0.717, 1.165) is 19.4 Å². The first-order valence-electron chi connectivity index (χ1n) is 7.62. The third-order valence-electron chi connectivity index (χ3n) is 4.64. The molecule has 1 amide bonds. The lowest BCUT2D eigenvalue weighted by atomic mass is 9.78. The predicted molar refractivity (Wildman–Crippen MR) is 79.0 cm³/mol. The number of piperidine rings is 1. The van der Waals surface area contributed by atoms with Crippen LogP contribution >= 0.6 is 0 Å². The number of hydrogen-bond acceptors (Lipinski definition) is 4. The van der Waals surface area contributed by atoms with E-state index in [2.05, 4.69) is 0 Å². The van der Waals surface area contributed by atoms with Gasteiger partial charge in [-0.25, -0.2) is 8.42 Å². The fraction of sp³-hybridized carbons (Fsp3) is 0.929. The molecular weight excluding hydrogens is 276 g/mol. The highest BCUT2D eigenvalue weighted by Gasteiger charge is 2.37. The molecule has 2 aliphatic rings. The van der Waals surface area contributed by atoms with Gasteiger partial charge in [0.05, 0.1) is 11.8 Å². The number of carbonyl (C=O) groups is 1. The molecule has 6 heteroatoms. The minimum Gasteiger partial charge on any atom is -0.338 e. The second kappa shape index (κ2) is 6.43. The van der Waals surface area contributed by atoms with E-state index in [-0.39, 0.29) is 18.1 Å². The zero-order valence-electron chi connectivity index (χ0n) is 12.3. The van der Waals surface area contributed by atoms with Crippen LogP contribution in [-0.4, -0.2) is 49.9 Å². The Hall–Kier alpha value is -0.620. The van der Waals surface area contributed by atoms with Gasteiger partial charge >= 0.3 is 0 Å². The first-order valence-corrected chi connectivity index (χ1v) is 9.68. The summed E-state index contributed by atoms with van der Waals surface area (Å²) in [6.07, 6.45) is 8.42. The Labute approximate surface area is 121 Å². The largest absolute Gasteiger partial charge is 0.338 e. The number of amides is 1. The molecule has 0 bridgehead atoms. The first-order chi connectivity index (χ1) is 9.38. The van der Waals surface area contributed by atoms with Gasteiger partial charge in [-0.1, -0.05) is 12.8 Å². The van der Waals surface area contributed by atoms with Crippen LogP contribution in [0.25, 0.3) is 0 Å². The Morgan fingerprint density at radius 1 is 1.25 bits per heavy atom. The number of fused-ring (bicyclic) bond motifs is 1. The van der Waals surface area contributed by atoms with Crippen LogP contribution in [0.15, 0.2) is 0 Å². The average Bonchev–Trinajstić information content (AvgIpc) is 2.42. The average molecular weight is 302 g/mol. The van der Waals surface area contributed by atoms with Crippen LogP contribution in [-0.2, 0) is 14.6 Å². The van der Waals surface area contributed by atoms with Gasteiger partial charge in [-0.2, -0.15) is 0 Å². The fourth-order valence-corrected chi connectivity index (χ4v) is 4.26. The molecule has 0 radical (unpaired) electrons. The summed E-state index contributed by atoms with van der Waals surface area (Å²) in [5.41, 5.74) is 5.92. The lowest BCUT2D eigenvalue weighted by Crippen LogP contribution is -2.54. The number of rotatable bonds is 4. The maximum atomic E-state index is 12.5. The van der Waals surface area contributed by atoms with Crippen LogP contribution in [0.4, 0.5) is 0 Å². The molecule has 1 saturated carbocycles. The van der Waals surface area contributed by atoms with E-state index < -0.39 is 15.9 Å². The quantitative estimate of drug-likeness (QED) is 0.837. The highest BCUT2D eigenvalue weighted by atomic mass is 32.2. The van der Waals surface area contributed by atoms with Gasteiger partial charge in [-0.05, 0) is 38.0 Å². The van der Waals surface area contributed by atoms with Gasteiger partial charge in [-0.15, -0.1) is 0 Å².